The first-order chi connectivity index (χ1) is 11.0. The molecule has 0 aliphatic rings. The number of halogens is 2. The molecule has 0 aliphatic carbocycles. The molecule has 0 spiro atoms. The van der Waals surface area contributed by atoms with Gasteiger partial charge in [0.15, 0.2) is 0 Å². The molecule has 3 N–H and O–H groups in total. The molecular formula is C16H14F2N2O2S. The zero-order chi connectivity index (χ0) is 16.8. The highest BCUT2D eigenvalue weighted by atomic mass is 32.2. The van der Waals surface area contributed by atoms with Crippen LogP contribution in [-0.4, -0.2) is 22.8 Å². The predicted octanol–water partition coefficient (Wildman–Crippen LogP) is 3.90. The van der Waals surface area contributed by atoms with E-state index >= 15 is 0 Å². The Kier molecular flexibility index (Phi) is 5.72. The molecule has 23 heavy (non-hydrogen) atoms. The largest absolute Gasteiger partial charge is 0.350 e. The quantitative estimate of drug-likeness (QED) is 0.643. The van der Waals surface area contributed by atoms with Gasteiger partial charge >= 0.3 is 6.03 Å². The Bertz CT molecular complexity index is 721. The SMILES string of the molecule is NC(=O)N(O)C/C=C/c1ccc(F)cc1Sc1ccc(F)cc1. The molecule has 7 heteroatoms. The van der Waals surface area contributed by atoms with E-state index in [0.717, 1.165) is 4.90 Å². The zero-order valence-corrected chi connectivity index (χ0v) is 12.8. The van der Waals surface area contributed by atoms with E-state index in [-0.39, 0.29) is 12.4 Å². The molecule has 0 unspecified atom stereocenters. The molecule has 0 atom stereocenters. The van der Waals surface area contributed by atoms with Gasteiger partial charge in [0.05, 0.1) is 6.54 Å². The van der Waals surface area contributed by atoms with Crippen molar-refractivity contribution in [2.75, 3.05) is 6.54 Å². The van der Waals surface area contributed by atoms with E-state index in [0.29, 0.717) is 15.5 Å². The second-order valence-electron chi connectivity index (χ2n) is 4.56. The van der Waals surface area contributed by atoms with Crippen LogP contribution in [0.15, 0.2) is 58.3 Å². The van der Waals surface area contributed by atoms with Gasteiger partial charge in [0.2, 0.25) is 0 Å². The summed E-state index contributed by atoms with van der Waals surface area (Å²) in [5.41, 5.74) is 5.59. The first-order valence-corrected chi connectivity index (χ1v) is 7.43. The first-order valence-electron chi connectivity index (χ1n) is 6.61. The Labute approximate surface area is 136 Å². The van der Waals surface area contributed by atoms with E-state index in [9.17, 15) is 18.8 Å². The van der Waals surface area contributed by atoms with Crippen LogP contribution in [0.2, 0.25) is 0 Å². The zero-order valence-electron chi connectivity index (χ0n) is 11.9. The van der Waals surface area contributed by atoms with Crippen LogP contribution in [0.4, 0.5) is 13.6 Å². The lowest BCUT2D eigenvalue weighted by Gasteiger charge is -2.09. The number of carbonyl (C=O) groups excluding carboxylic acids is 1. The molecule has 0 radical (unpaired) electrons. The summed E-state index contributed by atoms with van der Waals surface area (Å²) in [6.45, 7) is -0.0899. The fourth-order valence-electron chi connectivity index (χ4n) is 1.73. The van der Waals surface area contributed by atoms with Crippen LogP contribution in [0.3, 0.4) is 0 Å². The maximum absolute atomic E-state index is 13.5. The minimum absolute atomic E-state index is 0.0899. The van der Waals surface area contributed by atoms with Gasteiger partial charge in [-0.2, -0.15) is 0 Å². The predicted molar refractivity (Wildman–Crippen MR) is 84.0 cm³/mol. The van der Waals surface area contributed by atoms with E-state index in [4.69, 9.17) is 5.73 Å². The van der Waals surface area contributed by atoms with Gasteiger partial charge in [0.25, 0.3) is 0 Å². The number of nitrogens with two attached hydrogens (primary N) is 1. The number of hydroxylamine groups is 2. The van der Waals surface area contributed by atoms with E-state index in [1.165, 1.54) is 42.1 Å². The van der Waals surface area contributed by atoms with Crippen molar-refractivity contribution in [3.63, 3.8) is 0 Å². The average Bonchev–Trinajstić information content (AvgIpc) is 2.51. The molecule has 0 bridgehead atoms. The maximum Gasteiger partial charge on any atom is 0.338 e. The van der Waals surface area contributed by atoms with Crippen molar-refractivity contribution in [2.24, 2.45) is 5.73 Å². The Morgan fingerprint density at radius 2 is 1.83 bits per heavy atom. The van der Waals surface area contributed by atoms with Crippen molar-refractivity contribution in [3.05, 3.63) is 65.7 Å². The van der Waals surface area contributed by atoms with E-state index < -0.39 is 11.8 Å². The molecule has 0 aliphatic heterocycles. The van der Waals surface area contributed by atoms with Crippen molar-refractivity contribution in [1.82, 2.24) is 5.06 Å². The summed E-state index contributed by atoms with van der Waals surface area (Å²) in [7, 11) is 0. The number of benzene rings is 2. The fraction of sp³-hybridized carbons (Fsp3) is 0.0625. The smallest absolute Gasteiger partial charge is 0.338 e. The van der Waals surface area contributed by atoms with Gasteiger partial charge in [0.1, 0.15) is 11.6 Å². The lowest BCUT2D eigenvalue weighted by atomic mass is 10.2. The van der Waals surface area contributed by atoms with Crippen LogP contribution in [0.1, 0.15) is 5.56 Å². The second-order valence-corrected chi connectivity index (χ2v) is 5.68. The van der Waals surface area contributed by atoms with Gasteiger partial charge in [-0.3, -0.25) is 5.21 Å². The topological polar surface area (TPSA) is 66.6 Å². The molecule has 0 saturated carbocycles. The minimum Gasteiger partial charge on any atom is -0.350 e. The van der Waals surface area contributed by atoms with Crippen LogP contribution >= 0.6 is 11.8 Å². The number of hydrogen-bond donors (Lipinski definition) is 2. The Hall–Kier alpha value is -2.38. The highest BCUT2D eigenvalue weighted by Crippen LogP contribution is 2.31. The Morgan fingerprint density at radius 1 is 1.17 bits per heavy atom. The van der Waals surface area contributed by atoms with Gasteiger partial charge in [0, 0.05) is 9.79 Å². The fourth-order valence-corrected chi connectivity index (χ4v) is 2.68. The normalized spacial score (nSPS) is 10.9. The monoisotopic (exact) mass is 336 g/mol. The third-order valence-corrected chi connectivity index (χ3v) is 3.93. The number of rotatable bonds is 5. The van der Waals surface area contributed by atoms with Gasteiger partial charge in [-0.15, -0.1) is 0 Å². The third-order valence-electron chi connectivity index (χ3n) is 2.85. The number of hydrogen-bond acceptors (Lipinski definition) is 3. The highest BCUT2D eigenvalue weighted by Gasteiger charge is 2.06. The van der Waals surface area contributed by atoms with Gasteiger partial charge in [-0.05, 0) is 42.0 Å². The number of nitrogens with zero attached hydrogens (tertiary/aromatic N) is 1. The number of amides is 2. The molecule has 0 aromatic heterocycles. The molecule has 0 heterocycles. The summed E-state index contributed by atoms with van der Waals surface area (Å²) in [5.74, 6) is -0.740. The van der Waals surface area contributed by atoms with Crippen molar-refractivity contribution >= 4 is 23.9 Å². The number of primary amides is 1. The van der Waals surface area contributed by atoms with E-state index in [1.54, 1.807) is 24.3 Å². The Balaban J connectivity index is 2.18. The summed E-state index contributed by atoms with van der Waals surface area (Å²) < 4.78 is 26.4. The van der Waals surface area contributed by atoms with Gasteiger partial charge in [-0.25, -0.2) is 18.6 Å². The highest BCUT2D eigenvalue weighted by molar-refractivity contribution is 7.99. The van der Waals surface area contributed by atoms with Gasteiger partial charge in [-0.1, -0.05) is 30.0 Å². The minimum atomic E-state index is -0.963. The van der Waals surface area contributed by atoms with Crippen molar-refractivity contribution in [3.8, 4) is 0 Å². The van der Waals surface area contributed by atoms with Crippen LogP contribution in [-0.2, 0) is 0 Å². The lowest BCUT2D eigenvalue weighted by molar-refractivity contribution is -0.0286. The number of carbonyl (C=O) groups is 1. The molecule has 2 aromatic rings. The maximum atomic E-state index is 13.5. The third kappa shape index (κ3) is 5.08. The molecule has 4 nitrogen and oxygen atoms in total. The standard InChI is InChI=1S/C16H14F2N2O2S/c17-12-5-7-14(8-6-12)23-15-10-13(18)4-3-11(15)2-1-9-20(22)16(19)21/h1-8,10,22H,9H2,(H2,19,21)/b2-1+. The molecule has 0 fully saturated rings. The van der Waals surface area contributed by atoms with Crippen LogP contribution in [0.25, 0.3) is 6.08 Å². The van der Waals surface area contributed by atoms with Crippen LogP contribution in [0, 0.1) is 11.6 Å². The molecule has 2 rings (SSSR count). The summed E-state index contributed by atoms with van der Waals surface area (Å²) in [4.78, 5) is 12.1. The van der Waals surface area contributed by atoms with Crippen LogP contribution < -0.4 is 5.73 Å². The van der Waals surface area contributed by atoms with Crippen molar-refractivity contribution in [1.29, 1.82) is 0 Å². The lowest BCUT2D eigenvalue weighted by Crippen LogP contribution is -2.32. The molecule has 0 saturated heterocycles. The van der Waals surface area contributed by atoms with Crippen molar-refractivity contribution in [2.45, 2.75) is 9.79 Å². The van der Waals surface area contributed by atoms with E-state index in [1.807, 2.05) is 0 Å². The van der Waals surface area contributed by atoms with Gasteiger partial charge < -0.3 is 5.73 Å². The number of urea groups is 1. The molecular weight excluding hydrogens is 322 g/mol. The first kappa shape index (κ1) is 17.0. The molecule has 2 amide bonds. The summed E-state index contributed by atoms with van der Waals surface area (Å²) in [6, 6.07) is 9.12. The summed E-state index contributed by atoms with van der Waals surface area (Å²) >= 11 is 1.28. The second kappa shape index (κ2) is 7.75. The molecule has 2 aromatic carbocycles. The Morgan fingerprint density at radius 3 is 2.48 bits per heavy atom. The van der Waals surface area contributed by atoms with E-state index in [2.05, 4.69) is 0 Å². The van der Waals surface area contributed by atoms with Crippen molar-refractivity contribution < 1.29 is 18.8 Å². The van der Waals surface area contributed by atoms with Crippen LogP contribution in [0.5, 0.6) is 0 Å². The average molecular weight is 336 g/mol. The summed E-state index contributed by atoms with van der Waals surface area (Å²) in [5, 5.41) is 9.54. The summed E-state index contributed by atoms with van der Waals surface area (Å²) in [6.07, 6.45) is 3.16. The molecule has 120 valence electrons.